The van der Waals surface area contributed by atoms with Gasteiger partial charge < -0.3 is 10.1 Å². The number of hydrogen-bond donors (Lipinski definition) is 2. The van der Waals surface area contributed by atoms with E-state index in [0.717, 1.165) is 42.8 Å². The first-order valence-corrected chi connectivity index (χ1v) is 8.66. The van der Waals surface area contributed by atoms with Gasteiger partial charge in [-0.3, -0.25) is 5.43 Å². The summed E-state index contributed by atoms with van der Waals surface area (Å²) in [6.45, 7) is 1.58. The highest BCUT2D eigenvalue weighted by atomic mass is 32.1. The largest absolute Gasteiger partial charge is 0.376 e. The van der Waals surface area contributed by atoms with Crippen LogP contribution in [0.1, 0.15) is 24.0 Å². The van der Waals surface area contributed by atoms with Crippen molar-refractivity contribution in [3.63, 3.8) is 0 Å². The fourth-order valence-corrected chi connectivity index (χ4v) is 3.40. The molecule has 0 unspecified atom stereocenters. The topological polar surface area (TPSA) is 45.6 Å². The SMILES string of the molecule is S=C(NC[C@H]1CCCO1)NN=C1c2ccccc2-c2ccccc21. The van der Waals surface area contributed by atoms with E-state index in [2.05, 4.69) is 52.2 Å². The normalized spacial score (nSPS) is 18.0. The fraction of sp³-hybridized carbons (Fsp3) is 0.263. The number of thiocarbonyl (C=S) groups is 1. The zero-order valence-electron chi connectivity index (χ0n) is 13.3. The summed E-state index contributed by atoms with van der Waals surface area (Å²) in [5.74, 6) is 0. The average molecular weight is 337 g/mol. The summed E-state index contributed by atoms with van der Waals surface area (Å²) in [5, 5.41) is 8.29. The van der Waals surface area contributed by atoms with Gasteiger partial charge in [0.2, 0.25) is 0 Å². The molecule has 0 aromatic heterocycles. The Kier molecular flexibility index (Phi) is 4.28. The Bertz CT molecular complexity index is 749. The molecular weight excluding hydrogens is 318 g/mol. The van der Waals surface area contributed by atoms with Crippen LogP contribution in [0.2, 0.25) is 0 Å². The summed E-state index contributed by atoms with van der Waals surface area (Å²) in [4.78, 5) is 0. The first kappa shape index (κ1) is 15.3. The van der Waals surface area contributed by atoms with Gasteiger partial charge in [0.25, 0.3) is 0 Å². The molecule has 2 N–H and O–H groups in total. The van der Waals surface area contributed by atoms with E-state index in [1.54, 1.807) is 0 Å². The van der Waals surface area contributed by atoms with Gasteiger partial charge in [0, 0.05) is 24.3 Å². The van der Waals surface area contributed by atoms with Crippen molar-refractivity contribution >= 4 is 23.0 Å². The number of nitrogens with zero attached hydrogens (tertiary/aromatic N) is 1. The van der Waals surface area contributed by atoms with Gasteiger partial charge >= 0.3 is 0 Å². The van der Waals surface area contributed by atoms with Crippen LogP contribution in [-0.2, 0) is 4.74 Å². The molecule has 1 aliphatic heterocycles. The molecule has 0 amide bonds. The van der Waals surface area contributed by atoms with Crippen molar-refractivity contribution in [1.82, 2.24) is 10.7 Å². The van der Waals surface area contributed by atoms with Crippen LogP contribution in [-0.4, -0.2) is 30.1 Å². The molecule has 1 saturated heterocycles. The third-order valence-corrected chi connectivity index (χ3v) is 4.67. The number of rotatable bonds is 3. The first-order valence-electron chi connectivity index (χ1n) is 8.25. The third-order valence-electron chi connectivity index (χ3n) is 4.44. The quantitative estimate of drug-likeness (QED) is 0.570. The van der Waals surface area contributed by atoms with Gasteiger partial charge in [-0.1, -0.05) is 48.5 Å². The third kappa shape index (κ3) is 2.92. The minimum atomic E-state index is 0.255. The Balaban J connectivity index is 1.50. The Morgan fingerprint density at radius 3 is 2.25 bits per heavy atom. The fourth-order valence-electron chi connectivity index (χ4n) is 3.27. The molecule has 1 heterocycles. The zero-order valence-corrected chi connectivity index (χ0v) is 14.1. The molecule has 0 saturated carbocycles. The van der Waals surface area contributed by atoms with Crippen LogP contribution in [0, 0.1) is 0 Å². The van der Waals surface area contributed by atoms with Crippen LogP contribution >= 0.6 is 12.2 Å². The molecule has 1 aliphatic carbocycles. The first-order chi connectivity index (χ1) is 11.8. The van der Waals surface area contributed by atoms with E-state index in [1.165, 1.54) is 11.1 Å². The lowest BCUT2D eigenvalue weighted by atomic mass is 10.1. The van der Waals surface area contributed by atoms with Gasteiger partial charge in [0.1, 0.15) is 0 Å². The van der Waals surface area contributed by atoms with E-state index in [1.807, 2.05) is 12.1 Å². The second-order valence-corrected chi connectivity index (χ2v) is 6.42. The molecule has 0 bridgehead atoms. The van der Waals surface area contributed by atoms with Crippen molar-refractivity contribution in [1.29, 1.82) is 0 Å². The monoisotopic (exact) mass is 337 g/mol. The van der Waals surface area contributed by atoms with Gasteiger partial charge in [0.05, 0.1) is 11.8 Å². The summed E-state index contributed by atoms with van der Waals surface area (Å²) in [6, 6.07) is 16.6. The van der Waals surface area contributed by atoms with Crippen molar-refractivity contribution in [3.05, 3.63) is 59.7 Å². The molecule has 1 atom stereocenters. The average Bonchev–Trinajstić information content (AvgIpc) is 3.25. The predicted octanol–water partition coefficient (Wildman–Crippen LogP) is 3.06. The lowest BCUT2D eigenvalue weighted by Crippen LogP contribution is -2.37. The maximum atomic E-state index is 5.59. The molecule has 5 heteroatoms. The molecule has 0 spiro atoms. The van der Waals surface area contributed by atoms with Crippen molar-refractivity contribution in [2.45, 2.75) is 18.9 Å². The van der Waals surface area contributed by atoms with E-state index in [0.29, 0.717) is 5.11 Å². The Morgan fingerprint density at radius 2 is 1.67 bits per heavy atom. The van der Waals surface area contributed by atoms with Crippen LogP contribution in [0.15, 0.2) is 53.6 Å². The zero-order chi connectivity index (χ0) is 16.4. The van der Waals surface area contributed by atoms with E-state index in [9.17, 15) is 0 Å². The smallest absolute Gasteiger partial charge is 0.187 e. The number of hydrazone groups is 1. The molecule has 0 radical (unpaired) electrons. The predicted molar refractivity (Wildman–Crippen MR) is 100 cm³/mol. The molecular formula is C19H19N3OS. The van der Waals surface area contributed by atoms with Crippen molar-refractivity contribution in [3.8, 4) is 11.1 Å². The standard InChI is InChI=1S/C19H19N3OS/c24-19(20-12-13-6-5-11-23-13)22-21-18-16-9-3-1-7-14(16)15-8-2-4-10-17(15)18/h1-4,7-10,13H,5-6,11-12H2,(H2,20,22,24)/t13-/m1/s1. The van der Waals surface area contributed by atoms with Crippen LogP contribution in [0.3, 0.4) is 0 Å². The lowest BCUT2D eigenvalue weighted by Gasteiger charge is -2.12. The summed E-state index contributed by atoms with van der Waals surface area (Å²) in [7, 11) is 0. The van der Waals surface area contributed by atoms with Crippen molar-refractivity contribution in [2.24, 2.45) is 5.10 Å². The molecule has 122 valence electrons. The summed E-state index contributed by atoms with van der Waals surface area (Å²) in [5.41, 5.74) is 8.61. The van der Waals surface area contributed by atoms with Crippen molar-refractivity contribution in [2.75, 3.05) is 13.2 Å². The van der Waals surface area contributed by atoms with E-state index in [-0.39, 0.29) is 6.10 Å². The van der Waals surface area contributed by atoms with E-state index >= 15 is 0 Å². The number of benzene rings is 2. The van der Waals surface area contributed by atoms with E-state index < -0.39 is 0 Å². The van der Waals surface area contributed by atoms with Crippen LogP contribution in [0.5, 0.6) is 0 Å². The summed E-state index contributed by atoms with van der Waals surface area (Å²) in [6.07, 6.45) is 2.47. The number of fused-ring (bicyclic) bond motifs is 3. The molecule has 2 aliphatic rings. The van der Waals surface area contributed by atoms with Gasteiger partial charge in [0.15, 0.2) is 5.11 Å². The maximum Gasteiger partial charge on any atom is 0.187 e. The Morgan fingerprint density at radius 1 is 1.04 bits per heavy atom. The highest BCUT2D eigenvalue weighted by Gasteiger charge is 2.24. The molecule has 2 aromatic rings. The Labute approximate surface area is 146 Å². The van der Waals surface area contributed by atoms with Crippen LogP contribution in [0.4, 0.5) is 0 Å². The van der Waals surface area contributed by atoms with Crippen LogP contribution in [0.25, 0.3) is 11.1 Å². The minimum Gasteiger partial charge on any atom is -0.376 e. The van der Waals surface area contributed by atoms with Gasteiger partial charge in [-0.05, 0) is 36.2 Å². The Hall–Kier alpha value is -2.24. The van der Waals surface area contributed by atoms with Gasteiger partial charge in [-0.25, -0.2) is 0 Å². The summed E-state index contributed by atoms with van der Waals surface area (Å²) >= 11 is 5.34. The number of nitrogens with one attached hydrogen (secondary N) is 2. The highest BCUT2D eigenvalue weighted by Crippen LogP contribution is 2.36. The van der Waals surface area contributed by atoms with Gasteiger partial charge in [-0.2, -0.15) is 5.10 Å². The van der Waals surface area contributed by atoms with Crippen LogP contribution < -0.4 is 10.7 Å². The highest BCUT2D eigenvalue weighted by molar-refractivity contribution is 7.80. The molecule has 4 nitrogen and oxygen atoms in total. The second-order valence-electron chi connectivity index (χ2n) is 6.01. The number of hydrogen-bond acceptors (Lipinski definition) is 3. The van der Waals surface area contributed by atoms with E-state index in [4.69, 9.17) is 17.0 Å². The molecule has 1 fully saturated rings. The molecule has 24 heavy (non-hydrogen) atoms. The molecule has 4 rings (SSSR count). The van der Waals surface area contributed by atoms with Gasteiger partial charge in [-0.15, -0.1) is 0 Å². The minimum absolute atomic E-state index is 0.255. The lowest BCUT2D eigenvalue weighted by molar-refractivity contribution is 0.114. The maximum absolute atomic E-state index is 5.59. The summed E-state index contributed by atoms with van der Waals surface area (Å²) < 4.78 is 5.59. The molecule has 2 aromatic carbocycles. The number of ether oxygens (including phenoxy) is 1. The van der Waals surface area contributed by atoms with Crippen molar-refractivity contribution < 1.29 is 4.74 Å². The second kappa shape index (κ2) is 6.71.